The Morgan fingerprint density at radius 1 is 1.56 bits per heavy atom. The van der Waals surface area contributed by atoms with Gasteiger partial charge in [0.1, 0.15) is 0 Å². The molecule has 3 unspecified atom stereocenters. The third kappa shape index (κ3) is 2.10. The first-order valence-electron chi connectivity index (χ1n) is 6.55. The number of rotatable bonds is 4. The maximum absolute atomic E-state index is 12.5. The number of hydrogen-bond acceptors (Lipinski definition) is 2. The van der Waals surface area contributed by atoms with Crippen LogP contribution in [0.25, 0.3) is 0 Å². The van der Waals surface area contributed by atoms with Crippen LogP contribution in [0, 0.1) is 17.3 Å². The van der Waals surface area contributed by atoms with Gasteiger partial charge in [-0.2, -0.15) is 0 Å². The predicted molar refractivity (Wildman–Crippen MR) is 65.1 cm³/mol. The molecule has 1 amide bonds. The average Bonchev–Trinajstić information content (AvgIpc) is 2.82. The van der Waals surface area contributed by atoms with Crippen LogP contribution in [0.15, 0.2) is 0 Å². The van der Waals surface area contributed by atoms with E-state index in [0.29, 0.717) is 5.91 Å². The van der Waals surface area contributed by atoms with Gasteiger partial charge in [0.2, 0.25) is 5.91 Å². The van der Waals surface area contributed by atoms with Gasteiger partial charge in [0.15, 0.2) is 0 Å². The summed E-state index contributed by atoms with van der Waals surface area (Å²) in [5.41, 5.74) is -0.104. The molecule has 0 spiro atoms. The van der Waals surface area contributed by atoms with Crippen LogP contribution in [-0.2, 0) is 4.79 Å². The van der Waals surface area contributed by atoms with E-state index in [-0.39, 0.29) is 5.41 Å². The van der Waals surface area contributed by atoms with E-state index in [4.69, 9.17) is 0 Å². The Morgan fingerprint density at radius 2 is 2.25 bits per heavy atom. The lowest BCUT2D eigenvalue weighted by molar-refractivity contribution is -0.140. The maximum Gasteiger partial charge on any atom is 0.229 e. The van der Waals surface area contributed by atoms with E-state index in [1.165, 1.54) is 6.42 Å². The van der Waals surface area contributed by atoms with Gasteiger partial charge in [-0.25, -0.2) is 0 Å². The predicted octanol–water partition coefficient (Wildman–Crippen LogP) is 1.49. The summed E-state index contributed by atoms with van der Waals surface area (Å²) in [5, 5.41) is 3.33. The minimum atomic E-state index is -0.104. The van der Waals surface area contributed by atoms with Crippen LogP contribution in [0.2, 0.25) is 0 Å². The van der Waals surface area contributed by atoms with Gasteiger partial charge in [0, 0.05) is 20.1 Å². The van der Waals surface area contributed by atoms with Crippen LogP contribution in [0.4, 0.5) is 0 Å². The highest BCUT2D eigenvalue weighted by Crippen LogP contribution is 2.39. The van der Waals surface area contributed by atoms with Crippen molar-refractivity contribution in [3.8, 4) is 0 Å². The fourth-order valence-electron chi connectivity index (χ4n) is 2.87. The highest BCUT2D eigenvalue weighted by Gasteiger charge is 2.43. The molecule has 2 aliphatic rings. The molecule has 1 heterocycles. The van der Waals surface area contributed by atoms with Crippen molar-refractivity contribution in [2.24, 2.45) is 17.3 Å². The first-order chi connectivity index (χ1) is 7.59. The second-order valence-corrected chi connectivity index (χ2v) is 5.72. The zero-order chi connectivity index (χ0) is 11.8. The molecule has 0 bridgehead atoms. The van der Waals surface area contributed by atoms with Crippen molar-refractivity contribution in [3.63, 3.8) is 0 Å². The van der Waals surface area contributed by atoms with E-state index in [2.05, 4.69) is 19.2 Å². The number of nitrogens with zero attached hydrogens (tertiary/aromatic N) is 1. The van der Waals surface area contributed by atoms with Crippen LogP contribution in [0.3, 0.4) is 0 Å². The smallest absolute Gasteiger partial charge is 0.229 e. The van der Waals surface area contributed by atoms with Crippen molar-refractivity contribution < 1.29 is 4.79 Å². The van der Waals surface area contributed by atoms with Gasteiger partial charge in [-0.15, -0.1) is 0 Å². The average molecular weight is 224 g/mol. The quantitative estimate of drug-likeness (QED) is 0.784. The van der Waals surface area contributed by atoms with E-state index in [0.717, 1.165) is 44.3 Å². The summed E-state index contributed by atoms with van der Waals surface area (Å²) in [5.74, 6) is 1.95. The monoisotopic (exact) mass is 224 g/mol. The molecular weight excluding hydrogens is 200 g/mol. The normalized spacial score (nSPS) is 37.4. The highest BCUT2D eigenvalue weighted by molar-refractivity contribution is 5.83. The third-order valence-corrected chi connectivity index (χ3v) is 4.51. The lowest BCUT2D eigenvalue weighted by Gasteiger charge is -2.31. The number of amides is 1. The highest BCUT2D eigenvalue weighted by atomic mass is 16.2. The topological polar surface area (TPSA) is 32.3 Å². The minimum absolute atomic E-state index is 0.104. The summed E-state index contributed by atoms with van der Waals surface area (Å²) in [7, 11) is 1.98. The van der Waals surface area contributed by atoms with Gasteiger partial charge in [-0.1, -0.05) is 13.8 Å². The van der Waals surface area contributed by atoms with E-state index in [9.17, 15) is 4.79 Å². The van der Waals surface area contributed by atoms with Gasteiger partial charge < -0.3 is 10.2 Å². The Hall–Kier alpha value is -0.570. The van der Waals surface area contributed by atoms with Crippen molar-refractivity contribution in [2.45, 2.75) is 33.1 Å². The third-order valence-electron chi connectivity index (χ3n) is 4.51. The number of carbonyl (C=O) groups excluding carboxylic acids is 1. The second kappa shape index (κ2) is 4.36. The molecule has 0 aromatic rings. The molecule has 16 heavy (non-hydrogen) atoms. The van der Waals surface area contributed by atoms with E-state index < -0.39 is 0 Å². The summed E-state index contributed by atoms with van der Waals surface area (Å²) in [6.07, 6.45) is 3.27. The molecule has 1 saturated heterocycles. The molecule has 3 nitrogen and oxygen atoms in total. The molecule has 92 valence electrons. The molecule has 1 aliphatic heterocycles. The maximum atomic E-state index is 12.5. The zero-order valence-electron chi connectivity index (χ0n) is 10.8. The molecule has 2 fully saturated rings. The lowest BCUT2D eigenvalue weighted by Crippen LogP contribution is -2.44. The van der Waals surface area contributed by atoms with Crippen LogP contribution in [-0.4, -0.2) is 37.5 Å². The number of nitrogens with one attached hydrogen (secondary N) is 1. The van der Waals surface area contributed by atoms with E-state index >= 15 is 0 Å². The first kappa shape index (κ1) is 11.9. The van der Waals surface area contributed by atoms with Gasteiger partial charge in [0.05, 0.1) is 5.41 Å². The second-order valence-electron chi connectivity index (χ2n) is 5.72. The summed E-state index contributed by atoms with van der Waals surface area (Å²) in [4.78, 5) is 14.4. The van der Waals surface area contributed by atoms with Crippen molar-refractivity contribution >= 4 is 5.91 Å². The summed E-state index contributed by atoms with van der Waals surface area (Å²) in [6.45, 7) is 7.23. The molecule has 1 N–H and O–H groups in total. The molecule has 0 aromatic carbocycles. The van der Waals surface area contributed by atoms with Crippen LogP contribution in [0.1, 0.15) is 33.1 Å². The molecule has 3 heteroatoms. The standard InChI is InChI=1S/C13H24N2O/c1-4-13(5-6-14-9-13)12(16)15(3)8-11-7-10(11)2/h10-11,14H,4-9H2,1-3H3. The zero-order valence-corrected chi connectivity index (χ0v) is 10.8. The fourth-order valence-corrected chi connectivity index (χ4v) is 2.87. The molecule has 1 aliphatic carbocycles. The van der Waals surface area contributed by atoms with Gasteiger partial charge in [-0.05, 0) is 37.6 Å². The molecule has 1 saturated carbocycles. The summed E-state index contributed by atoms with van der Waals surface area (Å²) < 4.78 is 0. The molecule has 2 rings (SSSR count). The van der Waals surface area contributed by atoms with Crippen molar-refractivity contribution in [1.82, 2.24) is 10.2 Å². The number of hydrogen-bond donors (Lipinski definition) is 1. The van der Waals surface area contributed by atoms with Crippen molar-refractivity contribution in [3.05, 3.63) is 0 Å². The van der Waals surface area contributed by atoms with Crippen molar-refractivity contribution in [2.75, 3.05) is 26.7 Å². The van der Waals surface area contributed by atoms with Crippen LogP contribution in [0.5, 0.6) is 0 Å². The van der Waals surface area contributed by atoms with Crippen LogP contribution >= 0.6 is 0 Å². The summed E-state index contributed by atoms with van der Waals surface area (Å²) in [6, 6.07) is 0. The SMILES string of the molecule is CCC1(C(=O)N(C)CC2CC2C)CCNC1. The molecule has 3 atom stereocenters. The first-order valence-corrected chi connectivity index (χ1v) is 6.55. The Morgan fingerprint density at radius 3 is 2.69 bits per heavy atom. The number of carbonyl (C=O) groups is 1. The fraction of sp³-hybridized carbons (Fsp3) is 0.923. The van der Waals surface area contributed by atoms with Gasteiger partial charge >= 0.3 is 0 Å². The Labute approximate surface area is 98.6 Å². The van der Waals surface area contributed by atoms with Crippen molar-refractivity contribution in [1.29, 1.82) is 0 Å². The van der Waals surface area contributed by atoms with E-state index in [1.54, 1.807) is 0 Å². The Balaban J connectivity index is 1.94. The molecular formula is C13H24N2O. The van der Waals surface area contributed by atoms with Crippen LogP contribution < -0.4 is 5.32 Å². The summed E-state index contributed by atoms with van der Waals surface area (Å²) >= 11 is 0. The molecule has 0 aromatic heterocycles. The Bertz CT molecular complexity index is 271. The molecule has 0 radical (unpaired) electrons. The van der Waals surface area contributed by atoms with Gasteiger partial charge in [0.25, 0.3) is 0 Å². The Kier molecular flexibility index (Phi) is 3.24. The minimum Gasteiger partial charge on any atom is -0.345 e. The van der Waals surface area contributed by atoms with Gasteiger partial charge in [-0.3, -0.25) is 4.79 Å². The van der Waals surface area contributed by atoms with E-state index in [1.807, 2.05) is 11.9 Å². The largest absolute Gasteiger partial charge is 0.345 e. The lowest BCUT2D eigenvalue weighted by atomic mass is 9.83.